The van der Waals surface area contributed by atoms with Crippen LogP contribution in [0.15, 0.2) is 85.5 Å². The summed E-state index contributed by atoms with van der Waals surface area (Å²) >= 11 is 0. The third-order valence-corrected chi connectivity index (χ3v) is 5.70. The highest BCUT2D eigenvalue weighted by Gasteiger charge is 2.35. The van der Waals surface area contributed by atoms with Gasteiger partial charge in [-0.25, -0.2) is 22.0 Å². The van der Waals surface area contributed by atoms with Gasteiger partial charge < -0.3 is 4.74 Å². The summed E-state index contributed by atoms with van der Waals surface area (Å²) in [7, 11) is 0. The molecule has 198 valence electrons. The first-order valence-corrected chi connectivity index (χ1v) is 11.6. The summed E-state index contributed by atoms with van der Waals surface area (Å²) in [6.45, 7) is 3.69. The Morgan fingerprint density at radius 2 is 1.23 bits per heavy atom. The Hall–Kier alpha value is -4.51. The molecular formula is C31H19F7O. The molecule has 0 bridgehead atoms. The van der Waals surface area contributed by atoms with Gasteiger partial charge in [-0.1, -0.05) is 30.0 Å². The Labute approximate surface area is 220 Å². The van der Waals surface area contributed by atoms with Crippen LogP contribution >= 0.6 is 0 Å². The Balaban J connectivity index is 1.49. The number of aryl methyl sites for hydroxylation is 1. The normalized spacial score (nSPS) is 11.1. The fourth-order valence-electron chi connectivity index (χ4n) is 3.71. The van der Waals surface area contributed by atoms with Crippen molar-refractivity contribution in [2.75, 3.05) is 0 Å². The van der Waals surface area contributed by atoms with Crippen molar-refractivity contribution in [2.45, 2.75) is 19.0 Å². The molecule has 0 aliphatic carbocycles. The maximum absolute atomic E-state index is 14.7. The van der Waals surface area contributed by atoms with Crippen LogP contribution in [0, 0.1) is 40.9 Å². The van der Waals surface area contributed by atoms with Crippen LogP contribution in [0.3, 0.4) is 0 Å². The fourth-order valence-corrected chi connectivity index (χ4v) is 3.71. The van der Waals surface area contributed by atoms with Gasteiger partial charge in [0.15, 0.2) is 17.5 Å². The zero-order valence-electron chi connectivity index (χ0n) is 20.2. The molecule has 0 saturated carbocycles. The second kappa shape index (κ2) is 11.5. The van der Waals surface area contributed by atoms with Crippen LogP contribution < -0.4 is 4.74 Å². The van der Waals surface area contributed by atoms with E-state index in [0.29, 0.717) is 29.8 Å². The lowest BCUT2D eigenvalue weighted by molar-refractivity contribution is -0.185. The standard InChI is InChI=1S/C31H19F7O/c1-2-3-4-19-5-7-20(8-6-19)9-10-21-11-13-23(14-12-21)31(37,38)39-24-17-25(32)29(26(33)18-24)22-15-27(34)30(36)28(35)16-22/h2,5-8,11-18H,1,3-4H2. The van der Waals surface area contributed by atoms with E-state index in [-0.39, 0.29) is 0 Å². The van der Waals surface area contributed by atoms with Gasteiger partial charge in [0.2, 0.25) is 0 Å². The highest BCUT2D eigenvalue weighted by Crippen LogP contribution is 2.36. The summed E-state index contributed by atoms with van der Waals surface area (Å²) in [4.78, 5) is 0. The number of hydrogen-bond acceptors (Lipinski definition) is 1. The Bertz CT molecular complexity index is 1520. The van der Waals surface area contributed by atoms with Crippen molar-refractivity contribution >= 4 is 0 Å². The Morgan fingerprint density at radius 1 is 0.718 bits per heavy atom. The second-order valence-electron chi connectivity index (χ2n) is 8.49. The third-order valence-electron chi connectivity index (χ3n) is 5.70. The fraction of sp³-hybridized carbons (Fsp3) is 0.0968. The largest absolute Gasteiger partial charge is 0.429 e. The minimum atomic E-state index is -3.98. The molecule has 0 radical (unpaired) electrons. The quantitative estimate of drug-likeness (QED) is 0.0986. The first-order valence-electron chi connectivity index (χ1n) is 11.6. The first-order chi connectivity index (χ1) is 18.6. The molecule has 1 nitrogen and oxygen atoms in total. The van der Waals surface area contributed by atoms with Gasteiger partial charge in [-0.2, -0.15) is 8.78 Å². The van der Waals surface area contributed by atoms with Crippen LogP contribution in [0.2, 0.25) is 0 Å². The van der Waals surface area contributed by atoms with Gasteiger partial charge in [0, 0.05) is 23.3 Å². The van der Waals surface area contributed by atoms with E-state index in [9.17, 15) is 30.7 Å². The monoisotopic (exact) mass is 540 g/mol. The van der Waals surface area contributed by atoms with E-state index in [1.54, 1.807) is 0 Å². The van der Waals surface area contributed by atoms with Gasteiger partial charge in [-0.15, -0.1) is 6.58 Å². The number of hydrogen-bond donors (Lipinski definition) is 0. The van der Waals surface area contributed by atoms with E-state index in [1.807, 2.05) is 30.3 Å². The molecule has 4 aromatic rings. The summed E-state index contributed by atoms with van der Waals surface area (Å²) < 4.78 is 103. The molecule has 0 spiro atoms. The van der Waals surface area contributed by atoms with Crippen LogP contribution in [0.4, 0.5) is 30.7 Å². The summed E-state index contributed by atoms with van der Waals surface area (Å²) in [5.74, 6) is -3.08. The summed E-state index contributed by atoms with van der Waals surface area (Å²) in [6.07, 6.45) is -0.422. The zero-order valence-corrected chi connectivity index (χ0v) is 20.2. The van der Waals surface area contributed by atoms with Gasteiger partial charge in [0.1, 0.15) is 17.4 Å². The molecule has 0 N–H and O–H groups in total. The highest BCUT2D eigenvalue weighted by atomic mass is 19.3. The predicted octanol–water partition coefficient (Wildman–Crippen LogP) is 8.70. The molecular weight excluding hydrogens is 521 g/mol. The molecule has 0 unspecified atom stereocenters. The average molecular weight is 540 g/mol. The molecule has 0 heterocycles. The maximum atomic E-state index is 14.7. The molecule has 0 amide bonds. The van der Waals surface area contributed by atoms with E-state index in [1.165, 1.54) is 12.1 Å². The van der Waals surface area contributed by atoms with Crippen LogP contribution in [0.1, 0.15) is 28.7 Å². The molecule has 4 rings (SSSR count). The van der Waals surface area contributed by atoms with Crippen LogP contribution in [-0.4, -0.2) is 0 Å². The van der Waals surface area contributed by atoms with Gasteiger partial charge in [0.25, 0.3) is 0 Å². The van der Waals surface area contributed by atoms with Crippen molar-refractivity contribution < 1.29 is 35.5 Å². The summed E-state index contributed by atoms with van der Waals surface area (Å²) in [6, 6.07) is 14.1. The van der Waals surface area contributed by atoms with Crippen molar-refractivity contribution in [3.05, 3.63) is 137 Å². The number of rotatable bonds is 7. The second-order valence-corrected chi connectivity index (χ2v) is 8.49. The minimum absolute atomic E-state index is 0.388. The zero-order chi connectivity index (χ0) is 28.2. The third kappa shape index (κ3) is 6.50. The van der Waals surface area contributed by atoms with Crippen molar-refractivity contribution in [1.82, 2.24) is 0 Å². The summed E-state index contributed by atoms with van der Waals surface area (Å²) in [5, 5.41) is 0. The lowest BCUT2D eigenvalue weighted by Crippen LogP contribution is -2.22. The molecule has 39 heavy (non-hydrogen) atoms. The van der Waals surface area contributed by atoms with Crippen molar-refractivity contribution in [2.24, 2.45) is 0 Å². The number of benzene rings is 4. The van der Waals surface area contributed by atoms with Crippen molar-refractivity contribution in [3.8, 4) is 28.7 Å². The molecule has 4 aromatic carbocycles. The highest BCUT2D eigenvalue weighted by molar-refractivity contribution is 5.66. The molecule has 0 saturated heterocycles. The number of alkyl halides is 2. The van der Waals surface area contributed by atoms with E-state index in [2.05, 4.69) is 23.2 Å². The number of halogens is 7. The Kier molecular flexibility index (Phi) is 8.10. The number of allylic oxidation sites excluding steroid dienone is 1. The molecule has 0 aliphatic rings. The number of ether oxygens (including phenoxy) is 1. The van der Waals surface area contributed by atoms with Crippen LogP contribution in [0.5, 0.6) is 5.75 Å². The van der Waals surface area contributed by atoms with E-state index < -0.39 is 57.6 Å². The van der Waals surface area contributed by atoms with Crippen molar-refractivity contribution in [3.63, 3.8) is 0 Å². The van der Waals surface area contributed by atoms with Gasteiger partial charge in [-0.05, 0) is 72.5 Å². The lowest BCUT2D eigenvalue weighted by Gasteiger charge is -2.19. The smallest absolute Gasteiger partial charge is 0.426 e. The molecule has 0 fully saturated rings. The molecule has 0 atom stereocenters. The Morgan fingerprint density at radius 3 is 1.74 bits per heavy atom. The van der Waals surface area contributed by atoms with Crippen LogP contribution in [0.25, 0.3) is 11.1 Å². The average Bonchev–Trinajstić information content (AvgIpc) is 2.89. The molecule has 8 heteroatoms. The minimum Gasteiger partial charge on any atom is -0.429 e. The topological polar surface area (TPSA) is 9.23 Å². The first kappa shape index (κ1) is 27.5. The summed E-state index contributed by atoms with van der Waals surface area (Å²) in [5.41, 5.74) is 0.143. The predicted molar refractivity (Wildman–Crippen MR) is 134 cm³/mol. The van der Waals surface area contributed by atoms with Crippen LogP contribution in [-0.2, 0) is 12.5 Å². The maximum Gasteiger partial charge on any atom is 0.426 e. The SMILES string of the molecule is C=CCCc1ccc(C#Cc2ccc(C(F)(F)Oc3cc(F)c(-c4cc(F)c(F)c(F)c4)c(F)c3)cc2)cc1. The van der Waals surface area contributed by atoms with Gasteiger partial charge in [0.05, 0.1) is 11.1 Å². The van der Waals surface area contributed by atoms with E-state index in [4.69, 9.17) is 0 Å². The molecule has 0 aliphatic heterocycles. The lowest BCUT2D eigenvalue weighted by atomic mass is 10.0. The van der Waals surface area contributed by atoms with E-state index >= 15 is 0 Å². The molecule has 0 aromatic heterocycles. The van der Waals surface area contributed by atoms with Crippen molar-refractivity contribution in [1.29, 1.82) is 0 Å². The van der Waals surface area contributed by atoms with Gasteiger partial charge in [-0.3, -0.25) is 0 Å². The van der Waals surface area contributed by atoms with Gasteiger partial charge >= 0.3 is 6.11 Å². The van der Waals surface area contributed by atoms with E-state index in [0.717, 1.165) is 36.1 Å².